The number of nitrogens with zero attached hydrogens (tertiary/aromatic N) is 2. The third-order valence-corrected chi connectivity index (χ3v) is 2.78. The molecule has 0 fully saturated rings. The topological polar surface area (TPSA) is 99.1 Å². The molecule has 0 aliphatic heterocycles. The number of rotatable bonds is 5. The second kappa shape index (κ2) is 7.78. The summed E-state index contributed by atoms with van der Waals surface area (Å²) in [5, 5.41) is 12.4. The maximum atomic E-state index is 11.6. The third-order valence-electron chi connectivity index (χ3n) is 2.78. The minimum absolute atomic E-state index is 0.160. The molecule has 0 heterocycles. The molecular formula is C14H17N3O4. The molecule has 0 radical (unpaired) electrons. The fourth-order valence-electron chi connectivity index (χ4n) is 1.58. The van der Waals surface area contributed by atoms with E-state index in [0.717, 1.165) is 0 Å². The van der Waals surface area contributed by atoms with Crippen molar-refractivity contribution < 1.29 is 19.5 Å². The Kier molecular flexibility index (Phi) is 6.06. The molecule has 2 amide bonds. The number of likely N-dealkylation sites (N-methyl/N-ethyl adjacent to an activating group) is 1. The monoisotopic (exact) mass is 291 g/mol. The van der Waals surface area contributed by atoms with Crippen molar-refractivity contribution in [3.8, 4) is 0 Å². The van der Waals surface area contributed by atoms with Crippen molar-refractivity contribution in [1.29, 1.82) is 0 Å². The molecule has 7 heteroatoms. The van der Waals surface area contributed by atoms with Crippen LogP contribution in [0.2, 0.25) is 0 Å². The van der Waals surface area contributed by atoms with Crippen LogP contribution < -0.4 is 5.43 Å². The van der Waals surface area contributed by atoms with Gasteiger partial charge in [-0.25, -0.2) is 10.2 Å². The molecule has 2 N–H and O–H groups in total. The van der Waals surface area contributed by atoms with Crippen LogP contribution in [0.25, 0.3) is 0 Å². The third kappa shape index (κ3) is 4.72. The molecule has 1 rings (SSSR count). The van der Waals surface area contributed by atoms with Crippen LogP contribution in [0.3, 0.4) is 0 Å². The summed E-state index contributed by atoms with van der Waals surface area (Å²) in [6.45, 7) is 4.45. The Bertz CT molecular complexity index is 548. The fourth-order valence-corrected chi connectivity index (χ4v) is 1.58. The summed E-state index contributed by atoms with van der Waals surface area (Å²) in [7, 11) is 0. The van der Waals surface area contributed by atoms with Gasteiger partial charge in [-0.05, 0) is 31.5 Å². The van der Waals surface area contributed by atoms with Gasteiger partial charge in [-0.15, -0.1) is 0 Å². The Labute approximate surface area is 122 Å². The number of aromatic carboxylic acids is 1. The highest BCUT2D eigenvalue weighted by molar-refractivity contribution is 6.34. The molecule has 112 valence electrons. The van der Waals surface area contributed by atoms with Crippen LogP contribution in [0.15, 0.2) is 29.4 Å². The molecule has 0 aliphatic rings. The lowest BCUT2D eigenvalue weighted by molar-refractivity contribution is -0.145. The van der Waals surface area contributed by atoms with Crippen LogP contribution in [-0.2, 0) is 9.59 Å². The first kappa shape index (κ1) is 16.4. The number of carboxylic acid groups (broad SMARTS) is 1. The molecule has 0 aromatic heterocycles. The van der Waals surface area contributed by atoms with Gasteiger partial charge in [0.15, 0.2) is 0 Å². The first-order chi connectivity index (χ1) is 9.99. The molecule has 0 saturated carbocycles. The predicted molar refractivity (Wildman–Crippen MR) is 77.1 cm³/mol. The number of nitrogens with one attached hydrogen (secondary N) is 1. The quantitative estimate of drug-likeness (QED) is 0.474. The summed E-state index contributed by atoms with van der Waals surface area (Å²) in [5.74, 6) is -2.47. The van der Waals surface area contributed by atoms with Crippen molar-refractivity contribution in [3.05, 3.63) is 35.4 Å². The van der Waals surface area contributed by atoms with Crippen molar-refractivity contribution >= 4 is 24.0 Å². The van der Waals surface area contributed by atoms with Crippen LogP contribution in [0.4, 0.5) is 0 Å². The smallest absolute Gasteiger partial charge is 0.335 e. The standard InChI is InChI=1S/C14H17N3O4/c1-3-17(4-2)13(19)12(18)16-15-9-10-5-7-11(8-6-10)14(20)21/h5-9H,3-4H2,1-2H3,(H,16,18)(H,20,21)/b15-9+. The minimum Gasteiger partial charge on any atom is -0.478 e. The largest absolute Gasteiger partial charge is 0.478 e. The molecule has 0 aliphatic carbocycles. The molecule has 21 heavy (non-hydrogen) atoms. The van der Waals surface area contributed by atoms with E-state index in [1.54, 1.807) is 26.0 Å². The fraction of sp³-hybridized carbons (Fsp3) is 0.286. The number of carboxylic acids is 1. The molecule has 0 spiro atoms. The summed E-state index contributed by atoms with van der Waals surface area (Å²) in [6, 6.07) is 5.94. The van der Waals surface area contributed by atoms with Crippen LogP contribution in [0.1, 0.15) is 29.8 Å². The Balaban J connectivity index is 2.59. The van der Waals surface area contributed by atoms with Gasteiger partial charge in [-0.1, -0.05) is 12.1 Å². The number of hydrogen-bond acceptors (Lipinski definition) is 4. The zero-order chi connectivity index (χ0) is 15.8. The number of carbonyl (C=O) groups excluding carboxylic acids is 2. The Morgan fingerprint density at radius 3 is 2.24 bits per heavy atom. The second-order valence-corrected chi connectivity index (χ2v) is 4.10. The number of carbonyl (C=O) groups is 3. The molecule has 0 unspecified atom stereocenters. The van der Waals surface area contributed by atoms with Gasteiger partial charge in [0.05, 0.1) is 11.8 Å². The van der Waals surface area contributed by atoms with Gasteiger partial charge >= 0.3 is 17.8 Å². The first-order valence-corrected chi connectivity index (χ1v) is 6.45. The first-order valence-electron chi connectivity index (χ1n) is 6.45. The lowest BCUT2D eigenvalue weighted by atomic mass is 10.1. The van der Waals surface area contributed by atoms with E-state index in [-0.39, 0.29) is 5.56 Å². The van der Waals surface area contributed by atoms with Crippen LogP contribution in [0.5, 0.6) is 0 Å². The van der Waals surface area contributed by atoms with Gasteiger partial charge in [0.1, 0.15) is 0 Å². The minimum atomic E-state index is -1.02. The van der Waals surface area contributed by atoms with E-state index in [9.17, 15) is 14.4 Å². The molecule has 7 nitrogen and oxygen atoms in total. The van der Waals surface area contributed by atoms with Gasteiger partial charge in [-0.3, -0.25) is 9.59 Å². The highest BCUT2D eigenvalue weighted by atomic mass is 16.4. The predicted octanol–water partition coefficient (Wildman–Crippen LogP) is 0.703. The van der Waals surface area contributed by atoms with Gasteiger partial charge < -0.3 is 10.0 Å². The molecule has 1 aromatic carbocycles. The highest BCUT2D eigenvalue weighted by Gasteiger charge is 2.18. The molecule has 0 atom stereocenters. The Hall–Kier alpha value is -2.70. The summed E-state index contributed by atoms with van der Waals surface area (Å²) in [5.41, 5.74) is 2.91. The lowest BCUT2D eigenvalue weighted by Crippen LogP contribution is -2.41. The Morgan fingerprint density at radius 1 is 1.19 bits per heavy atom. The average Bonchev–Trinajstić information content (AvgIpc) is 2.48. The number of amides is 2. The molecule has 0 bridgehead atoms. The maximum absolute atomic E-state index is 11.6. The van der Waals surface area contributed by atoms with E-state index >= 15 is 0 Å². The summed E-state index contributed by atoms with van der Waals surface area (Å²) >= 11 is 0. The molecular weight excluding hydrogens is 274 g/mol. The highest BCUT2D eigenvalue weighted by Crippen LogP contribution is 2.02. The van der Waals surface area contributed by atoms with Gasteiger partial charge in [-0.2, -0.15) is 5.10 Å². The zero-order valence-electron chi connectivity index (χ0n) is 11.9. The SMILES string of the molecule is CCN(CC)C(=O)C(=O)N/N=C/c1ccc(C(=O)O)cc1. The van der Waals surface area contributed by atoms with Gasteiger partial charge in [0.2, 0.25) is 0 Å². The normalized spacial score (nSPS) is 10.4. The number of hydrazone groups is 1. The van der Waals surface area contributed by atoms with Crippen molar-refractivity contribution in [2.75, 3.05) is 13.1 Å². The number of hydrogen-bond donors (Lipinski definition) is 2. The van der Waals surface area contributed by atoms with Crippen molar-refractivity contribution in [1.82, 2.24) is 10.3 Å². The van der Waals surface area contributed by atoms with E-state index in [4.69, 9.17) is 5.11 Å². The number of benzene rings is 1. The lowest BCUT2D eigenvalue weighted by Gasteiger charge is -2.16. The van der Waals surface area contributed by atoms with Crippen molar-refractivity contribution in [2.45, 2.75) is 13.8 Å². The maximum Gasteiger partial charge on any atom is 0.335 e. The molecule has 1 aromatic rings. The van der Waals surface area contributed by atoms with Crippen molar-refractivity contribution in [2.24, 2.45) is 5.10 Å². The van der Waals surface area contributed by atoms with Gasteiger partial charge in [0.25, 0.3) is 0 Å². The van der Waals surface area contributed by atoms with Crippen LogP contribution in [-0.4, -0.2) is 47.1 Å². The van der Waals surface area contributed by atoms with E-state index in [1.165, 1.54) is 23.2 Å². The Morgan fingerprint density at radius 2 is 1.76 bits per heavy atom. The van der Waals surface area contributed by atoms with E-state index in [2.05, 4.69) is 10.5 Å². The van der Waals surface area contributed by atoms with Crippen LogP contribution in [0, 0.1) is 0 Å². The van der Waals surface area contributed by atoms with E-state index < -0.39 is 17.8 Å². The van der Waals surface area contributed by atoms with Crippen LogP contribution >= 0.6 is 0 Å². The van der Waals surface area contributed by atoms with Gasteiger partial charge in [0, 0.05) is 13.1 Å². The second-order valence-electron chi connectivity index (χ2n) is 4.10. The zero-order valence-corrected chi connectivity index (χ0v) is 11.9. The molecule has 0 saturated heterocycles. The summed E-state index contributed by atoms with van der Waals surface area (Å²) in [4.78, 5) is 35.2. The van der Waals surface area contributed by atoms with E-state index in [1.807, 2.05) is 0 Å². The summed E-state index contributed by atoms with van der Waals surface area (Å²) in [6.07, 6.45) is 1.33. The average molecular weight is 291 g/mol. The summed E-state index contributed by atoms with van der Waals surface area (Å²) < 4.78 is 0. The van der Waals surface area contributed by atoms with E-state index in [0.29, 0.717) is 18.7 Å². The van der Waals surface area contributed by atoms with Crippen molar-refractivity contribution in [3.63, 3.8) is 0 Å².